The minimum absolute atomic E-state index is 0.0902. The van der Waals surface area contributed by atoms with Crippen LogP contribution in [0.2, 0.25) is 0 Å². The first kappa shape index (κ1) is 15.0. The van der Waals surface area contributed by atoms with E-state index in [-0.39, 0.29) is 5.91 Å². The molecule has 1 aromatic rings. The molecule has 0 aliphatic carbocycles. The second-order valence-corrected chi connectivity index (χ2v) is 5.85. The van der Waals surface area contributed by atoms with Crippen LogP contribution in [0.5, 0.6) is 0 Å². The van der Waals surface area contributed by atoms with Gasteiger partial charge < -0.3 is 20.2 Å². The first-order valence-corrected chi connectivity index (χ1v) is 6.92. The third kappa shape index (κ3) is 3.82. The number of furan rings is 1. The van der Waals surface area contributed by atoms with Gasteiger partial charge in [0.2, 0.25) is 0 Å². The van der Waals surface area contributed by atoms with Crippen molar-refractivity contribution in [1.29, 1.82) is 0 Å². The summed E-state index contributed by atoms with van der Waals surface area (Å²) in [5, 5.41) is 9.80. The fourth-order valence-corrected chi connectivity index (χ4v) is 2.41. The molecule has 6 heteroatoms. The van der Waals surface area contributed by atoms with Gasteiger partial charge in [0.1, 0.15) is 5.76 Å². The van der Waals surface area contributed by atoms with Crippen LogP contribution < -0.4 is 5.73 Å². The van der Waals surface area contributed by atoms with Crippen LogP contribution in [-0.2, 0) is 6.54 Å². The molecule has 0 bridgehead atoms. The standard InChI is InChI=1S/C14H23N3O3/c1-14(2,19)10-16-5-7-17(8-6-16)13(18)12-4-3-11(9-15)20-12/h3-4,19H,5-10,15H2,1-2H3. The Labute approximate surface area is 119 Å². The number of aliphatic hydroxyl groups is 1. The molecule has 1 amide bonds. The minimum Gasteiger partial charge on any atom is -0.455 e. The highest BCUT2D eigenvalue weighted by Gasteiger charge is 2.26. The Bertz CT molecular complexity index is 456. The number of amides is 1. The summed E-state index contributed by atoms with van der Waals surface area (Å²) in [6.45, 7) is 7.32. The number of piperazine rings is 1. The van der Waals surface area contributed by atoms with Crippen LogP contribution in [0.1, 0.15) is 30.2 Å². The molecule has 20 heavy (non-hydrogen) atoms. The molecular weight excluding hydrogens is 258 g/mol. The molecule has 2 rings (SSSR count). The van der Waals surface area contributed by atoms with Gasteiger partial charge in [0.15, 0.2) is 5.76 Å². The second-order valence-electron chi connectivity index (χ2n) is 5.85. The van der Waals surface area contributed by atoms with Crippen molar-refractivity contribution in [3.05, 3.63) is 23.7 Å². The van der Waals surface area contributed by atoms with E-state index in [1.165, 1.54) is 0 Å². The van der Waals surface area contributed by atoms with Crippen molar-refractivity contribution < 1.29 is 14.3 Å². The van der Waals surface area contributed by atoms with Gasteiger partial charge in [0, 0.05) is 32.7 Å². The summed E-state index contributed by atoms with van der Waals surface area (Å²) in [5.74, 6) is 0.878. The molecule has 0 spiro atoms. The Balaban J connectivity index is 1.88. The van der Waals surface area contributed by atoms with E-state index in [1.54, 1.807) is 30.9 Å². The molecule has 0 atom stereocenters. The molecule has 112 valence electrons. The topological polar surface area (TPSA) is 82.9 Å². The van der Waals surface area contributed by atoms with Crippen LogP contribution in [-0.4, -0.2) is 59.1 Å². The number of rotatable bonds is 4. The predicted molar refractivity (Wildman–Crippen MR) is 75.2 cm³/mol. The Hall–Kier alpha value is -1.37. The first-order valence-electron chi connectivity index (χ1n) is 6.92. The lowest BCUT2D eigenvalue weighted by molar-refractivity contribution is 0.0171. The van der Waals surface area contributed by atoms with Gasteiger partial charge in [-0.2, -0.15) is 0 Å². The molecule has 0 unspecified atom stereocenters. The predicted octanol–water partition coefficient (Wildman–Crippen LogP) is 0.267. The molecule has 2 heterocycles. The molecule has 0 radical (unpaired) electrons. The number of β-amino-alcohol motifs (C(OH)–C–C–N with tert-alkyl or cyclic N) is 1. The van der Waals surface area contributed by atoms with Crippen LogP contribution in [0.25, 0.3) is 0 Å². The van der Waals surface area contributed by atoms with Gasteiger partial charge in [0.05, 0.1) is 12.1 Å². The van der Waals surface area contributed by atoms with Crippen molar-refractivity contribution in [3.8, 4) is 0 Å². The van der Waals surface area contributed by atoms with Gasteiger partial charge in [-0.25, -0.2) is 0 Å². The van der Waals surface area contributed by atoms with Crippen LogP contribution in [0.15, 0.2) is 16.5 Å². The number of nitrogens with two attached hydrogens (primary N) is 1. The van der Waals surface area contributed by atoms with Crippen molar-refractivity contribution in [2.24, 2.45) is 5.73 Å². The maximum absolute atomic E-state index is 12.2. The summed E-state index contributed by atoms with van der Waals surface area (Å²) in [6, 6.07) is 3.41. The molecule has 0 saturated carbocycles. The molecule has 1 aromatic heterocycles. The Morgan fingerprint density at radius 1 is 1.35 bits per heavy atom. The fourth-order valence-electron chi connectivity index (χ4n) is 2.41. The van der Waals surface area contributed by atoms with E-state index in [0.29, 0.717) is 37.7 Å². The maximum atomic E-state index is 12.2. The lowest BCUT2D eigenvalue weighted by Gasteiger charge is -2.36. The summed E-state index contributed by atoms with van der Waals surface area (Å²) < 4.78 is 5.39. The summed E-state index contributed by atoms with van der Waals surface area (Å²) in [4.78, 5) is 16.2. The summed E-state index contributed by atoms with van der Waals surface area (Å²) in [5.41, 5.74) is 4.76. The zero-order valence-corrected chi connectivity index (χ0v) is 12.1. The van der Waals surface area contributed by atoms with Gasteiger partial charge in [-0.15, -0.1) is 0 Å². The third-order valence-electron chi connectivity index (χ3n) is 3.34. The highest BCUT2D eigenvalue weighted by molar-refractivity contribution is 5.91. The van der Waals surface area contributed by atoms with Crippen molar-refractivity contribution in [2.75, 3.05) is 32.7 Å². The summed E-state index contributed by atoms with van der Waals surface area (Å²) >= 11 is 0. The molecule has 1 saturated heterocycles. The number of hydrogen-bond donors (Lipinski definition) is 2. The van der Waals surface area contributed by atoms with Crippen molar-refractivity contribution in [2.45, 2.75) is 26.0 Å². The molecule has 1 fully saturated rings. The third-order valence-corrected chi connectivity index (χ3v) is 3.34. The van der Waals surface area contributed by atoms with Gasteiger partial charge >= 0.3 is 0 Å². The molecular formula is C14H23N3O3. The number of carbonyl (C=O) groups excluding carboxylic acids is 1. The highest BCUT2D eigenvalue weighted by Crippen LogP contribution is 2.13. The Morgan fingerprint density at radius 3 is 2.50 bits per heavy atom. The highest BCUT2D eigenvalue weighted by atomic mass is 16.4. The van der Waals surface area contributed by atoms with Crippen LogP contribution in [0, 0.1) is 0 Å². The van der Waals surface area contributed by atoms with Crippen molar-refractivity contribution >= 4 is 5.91 Å². The largest absolute Gasteiger partial charge is 0.455 e. The molecule has 6 nitrogen and oxygen atoms in total. The lowest BCUT2D eigenvalue weighted by Crippen LogP contribution is -2.51. The second kappa shape index (κ2) is 5.95. The van der Waals surface area contributed by atoms with E-state index in [4.69, 9.17) is 10.2 Å². The van der Waals surface area contributed by atoms with Crippen molar-refractivity contribution in [1.82, 2.24) is 9.80 Å². The van der Waals surface area contributed by atoms with Gasteiger partial charge in [-0.3, -0.25) is 9.69 Å². The van der Waals surface area contributed by atoms with Crippen LogP contribution in [0.3, 0.4) is 0 Å². The number of carbonyl (C=O) groups is 1. The molecule has 0 aromatic carbocycles. The Kier molecular flexibility index (Phi) is 4.47. The maximum Gasteiger partial charge on any atom is 0.289 e. The summed E-state index contributed by atoms with van der Waals surface area (Å²) in [7, 11) is 0. The van der Waals surface area contributed by atoms with E-state index < -0.39 is 5.60 Å². The summed E-state index contributed by atoms with van der Waals surface area (Å²) in [6.07, 6.45) is 0. The monoisotopic (exact) mass is 281 g/mol. The fraction of sp³-hybridized carbons (Fsp3) is 0.643. The Morgan fingerprint density at radius 2 is 2.00 bits per heavy atom. The molecule has 1 aliphatic heterocycles. The van der Waals surface area contributed by atoms with E-state index >= 15 is 0 Å². The van der Waals surface area contributed by atoms with E-state index in [2.05, 4.69) is 4.90 Å². The minimum atomic E-state index is -0.705. The lowest BCUT2D eigenvalue weighted by atomic mass is 10.1. The average molecular weight is 281 g/mol. The van der Waals surface area contributed by atoms with Crippen LogP contribution >= 0.6 is 0 Å². The number of nitrogens with zero attached hydrogens (tertiary/aromatic N) is 2. The normalized spacial score (nSPS) is 17.5. The average Bonchev–Trinajstić information content (AvgIpc) is 2.85. The molecule has 3 N–H and O–H groups in total. The molecule has 1 aliphatic rings. The number of hydrogen-bond acceptors (Lipinski definition) is 5. The van der Waals surface area contributed by atoms with Crippen LogP contribution in [0.4, 0.5) is 0 Å². The van der Waals surface area contributed by atoms with Crippen molar-refractivity contribution in [3.63, 3.8) is 0 Å². The van der Waals surface area contributed by atoms with E-state index in [9.17, 15) is 9.90 Å². The zero-order chi connectivity index (χ0) is 14.8. The van der Waals surface area contributed by atoms with Gasteiger partial charge in [0.25, 0.3) is 5.91 Å². The van der Waals surface area contributed by atoms with Gasteiger partial charge in [-0.1, -0.05) is 0 Å². The zero-order valence-electron chi connectivity index (χ0n) is 12.1. The first-order chi connectivity index (χ1) is 9.39. The van der Waals surface area contributed by atoms with Gasteiger partial charge in [-0.05, 0) is 26.0 Å². The SMILES string of the molecule is CC(C)(O)CN1CCN(C(=O)c2ccc(CN)o2)CC1. The van der Waals surface area contributed by atoms with E-state index in [1.807, 2.05) is 0 Å². The van der Waals surface area contributed by atoms with E-state index in [0.717, 1.165) is 13.1 Å². The smallest absolute Gasteiger partial charge is 0.289 e. The quantitative estimate of drug-likeness (QED) is 0.827.